The first-order chi connectivity index (χ1) is 24.9. The van der Waals surface area contributed by atoms with E-state index in [4.69, 9.17) is 26.3 Å². The second-order valence-electron chi connectivity index (χ2n) is 13.7. The van der Waals surface area contributed by atoms with Crippen molar-refractivity contribution in [2.24, 2.45) is 10.8 Å². The van der Waals surface area contributed by atoms with E-state index in [1.165, 1.54) is 32.1 Å². The molecule has 1 atom stereocenters. The van der Waals surface area contributed by atoms with E-state index in [0.29, 0.717) is 50.5 Å². The van der Waals surface area contributed by atoms with Gasteiger partial charge in [-0.25, -0.2) is 10.5 Å². The SMILES string of the molecule is N=N/C(=C\NCCCNCCCNC1CCCCC1)CNc1nc(NC2CCN(CCC(=O)NCCCC(N)C(=O)O)CC2)c2ccccc2n1. The highest BCUT2D eigenvalue weighted by Crippen LogP contribution is 2.25. The van der Waals surface area contributed by atoms with Crippen molar-refractivity contribution < 1.29 is 14.7 Å². The van der Waals surface area contributed by atoms with Crippen LogP contribution in [0.2, 0.25) is 0 Å². The average molecular weight is 709 g/mol. The fourth-order valence-electron chi connectivity index (χ4n) is 6.53. The topological polar surface area (TPSA) is 218 Å². The Bertz CT molecular complexity index is 1380. The first-order valence-electron chi connectivity index (χ1n) is 18.9. The van der Waals surface area contributed by atoms with Crippen LogP contribution < -0.4 is 37.6 Å². The number of carbonyl (C=O) groups excluding carboxylic acids is 1. The molecule has 0 radical (unpaired) electrons. The maximum absolute atomic E-state index is 12.3. The van der Waals surface area contributed by atoms with Crippen LogP contribution in [-0.2, 0) is 9.59 Å². The predicted octanol–water partition coefficient (Wildman–Crippen LogP) is 3.37. The monoisotopic (exact) mass is 708 g/mol. The number of benzene rings is 1. The third-order valence-electron chi connectivity index (χ3n) is 9.60. The molecule has 282 valence electrons. The molecule has 1 saturated heterocycles. The number of anilines is 2. The van der Waals surface area contributed by atoms with Gasteiger partial charge in [-0.15, -0.1) is 0 Å². The molecule has 2 aliphatic rings. The number of carboxylic acids is 1. The summed E-state index contributed by atoms with van der Waals surface area (Å²) in [5.41, 5.74) is 14.5. The number of piperidine rings is 1. The Morgan fingerprint density at radius 3 is 2.51 bits per heavy atom. The van der Waals surface area contributed by atoms with Crippen LogP contribution in [0.5, 0.6) is 0 Å². The minimum absolute atomic E-state index is 0.0328. The molecule has 1 aliphatic carbocycles. The Balaban J connectivity index is 1.13. The van der Waals surface area contributed by atoms with Gasteiger partial charge in [0.25, 0.3) is 0 Å². The minimum Gasteiger partial charge on any atom is -0.480 e. The summed E-state index contributed by atoms with van der Waals surface area (Å²) in [6.07, 6.45) is 13.8. The number of aromatic nitrogens is 2. The molecule has 51 heavy (non-hydrogen) atoms. The van der Waals surface area contributed by atoms with Crippen LogP contribution in [0.4, 0.5) is 11.8 Å². The van der Waals surface area contributed by atoms with Crippen molar-refractivity contribution in [1.29, 1.82) is 5.53 Å². The molecule has 4 rings (SSSR count). The lowest BCUT2D eigenvalue weighted by Crippen LogP contribution is -2.41. The van der Waals surface area contributed by atoms with Crippen LogP contribution >= 0.6 is 0 Å². The molecule has 0 spiro atoms. The molecule has 10 N–H and O–H groups in total. The van der Waals surface area contributed by atoms with E-state index in [1.807, 2.05) is 24.3 Å². The third-order valence-corrected chi connectivity index (χ3v) is 9.60. The van der Waals surface area contributed by atoms with Gasteiger partial charge in [0, 0.05) is 62.8 Å². The van der Waals surface area contributed by atoms with Crippen molar-refractivity contribution in [3.63, 3.8) is 0 Å². The van der Waals surface area contributed by atoms with E-state index in [0.717, 1.165) is 87.7 Å². The number of rotatable bonds is 24. The first kappa shape index (κ1) is 39.9. The van der Waals surface area contributed by atoms with E-state index in [9.17, 15) is 9.59 Å². The maximum atomic E-state index is 12.3. The number of para-hydroxylation sites is 1. The lowest BCUT2D eigenvalue weighted by atomic mass is 9.95. The van der Waals surface area contributed by atoms with Crippen molar-refractivity contribution in [2.75, 3.05) is 69.5 Å². The van der Waals surface area contributed by atoms with Gasteiger partial charge in [-0.3, -0.25) is 9.59 Å². The lowest BCUT2D eigenvalue weighted by Gasteiger charge is -2.32. The fraction of sp³-hybridized carbons (Fsp3) is 0.667. The van der Waals surface area contributed by atoms with Gasteiger partial charge in [0.05, 0.1) is 17.8 Å². The Labute approximate surface area is 302 Å². The van der Waals surface area contributed by atoms with Crippen LogP contribution in [0.1, 0.15) is 77.0 Å². The summed E-state index contributed by atoms with van der Waals surface area (Å²) >= 11 is 0. The number of nitrogens with one attached hydrogen (secondary N) is 7. The van der Waals surface area contributed by atoms with Crippen molar-refractivity contribution in [3.8, 4) is 0 Å². The predicted molar refractivity (Wildman–Crippen MR) is 202 cm³/mol. The van der Waals surface area contributed by atoms with Gasteiger partial charge in [0.2, 0.25) is 11.9 Å². The molecule has 15 nitrogen and oxygen atoms in total. The highest BCUT2D eigenvalue weighted by molar-refractivity contribution is 5.90. The first-order valence-corrected chi connectivity index (χ1v) is 18.9. The number of hydrogen-bond donors (Lipinski definition) is 9. The summed E-state index contributed by atoms with van der Waals surface area (Å²) in [5.74, 6) is 0.191. The van der Waals surface area contributed by atoms with Gasteiger partial charge in [-0.05, 0) is 83.1 Å². The number of fused-ring (bicyclic) bond motifs is 1. The van der Waals surface area contributed by atoms with Gasteiger partial charge in [0.15, 0.2) is 0 Å². The van der Waals surface area contributed by atoms with Gasteiger partial charge >= 0.3 is 5.97 Å². The molecule has 1 aromatic heterocycles. The van der Waals surface area contributed by atoms with Crippen LogP contribution in [0.15, 0.2) is 41.3 Å². The molecular weight excluding hydrogens is 648 g/mol. The summed E-state index contributed by atoms with van der Waals surface area (Å²) in [7, 11) is 0. The molecule has 0 bridgehead atoms. The number of nitrogens with zero attached hydrogens (tertiary/aromatic N) is 4. The quantitative estimate of drug-likeness (QED) is 0.0567. The summed E-state index contributed by atoms with van der Waals surface area (Å²) in [5, 5.41) is 33.7. The van der Waals surface area contributed by atoms with Crippen LogP contribution in [0, 0.1) is 5.53 Å². The average Bonchev–Trinajstić information content (AvgIpc) is 3.15. The van der Waals surface area contributed by atoms with Gasteiger partial charge in [-0.1, -0.05) is 31.4 Å². The lowest BCUT2D eigenvalue weighted by molar-refractivity contribution is -0.138. The number of likely N-dealkylation sites (tertiary alicyclic amines) is 1. The number of nitrogens with two attached hydrogens (primary N) is 1. The Kier molecular flexibility index (Phi) is 17.8. The highest BCUT2D eigenvalue weighted by Gasteiger charge is 2.21. The summed E-state index contributed by atoms with van der Waals surface area (Å²) in [6.45, 7) is 7.01. The van der Waals surface area contributed by atoms with Crippen LogP contribution in [-0.4, -0.2) is 109 Å². The summed E-state index contributed by atoms with van der Waals surface area (Å²) in [4.78, 5) is 34.9. The van der Waals surface area contributed by atoms with E-state index in [2.05, 4.69) is 41.9 Å². The minimum atomic E-state index is -1.02. The van der Waals surface area contributed by atoms with Crippen LogP contribution in [0.3, 0.4) is 0 Å². The van der Waals surface area contributed by atoms with Gasteiger partial charge in [0.1, 0.15) is 11.9 Å². The summed E-state index contributed by atoms with van der Waals surface area (Å²) in [6, 6.07) is 7.99. The van der Waals surface area contributed by atoms with Gasteiger partial charge < -0.3 is 47.6 Å². The number of hydrogen-bond acceptors (Lipinski definition) is 13. The smallest absolute Gasteiger partial charge is 0.320 e. The highest BCUT2D eigenvalue weighted by atomic mass is 16.4. The van der Waals surface area contributed by atoms with Crippen molar-refractivity contribution in [1.82, 2.24) is 36.1 Å². The molecule has 2 fully saturated rings. The van der Waals surface area contributed by atoms with E-state index in [1.54, 1.807) is 6.20 Å². The molecule has 1 amide bonds. The normalized spacial score (nSPS) is 16.8. The van der Waals surface area contributed by atoms with E-state index >= 15 is 0 Å². The Morgan fingerprint density at radius 2 is 1.75 bits per heavy atom. The number of carboxylic acid groups (broad SMARTS) is 1. The third kappa shape index (κ3) is 15.1. The fourth-order valence-corrected chi connectivity index (χ4v) is 6.53. The van der Waals surface area contributed by atoms with Crippen molar-refractivity contribution in [2.45, 2.75) is 95.2 Å². The number of aliphatic carboxylic acids is 1. The van der Waals surface area contributed by atoms with E-state index < -0.39 is 12.0 Å². The molecule has 1 unspecified atom stereocenters. The zero-order chi connectivity index (χ0) is 36.1. The standard InChI is InChI=1S/C36H60N12O3/c37-31(35(50)51)12-6-20-42-33(49)16-24-48-22-14-28(15-23-48)44-34-30-11-4-5-13-32(30)45-36(46-34)43-26-29(47-38)25-40-19-7-17-39-18-8-21-41-27-9-2-1-3-10-27/h4-5,11,13,25,27-28,31,38-41H,1-3,6-10,12,14-24,26,37H2,(H,42,49)(H,50,51)(H2,43,44,45,46)/b29-25-,47-38?. The largest absolute Gasteiger partial charge is 0.480 e. The van der Waals surface area contributed by atoms with Crippen molar-refractivity contribution in [3.05, 3.63) is 36.2 Å². The zero-order valence-electron chi connectivity index (χ0n) is 30.1. The van der Waals surface area contributed by atoms with Gasteiger partial charge in [-0.2, -0.15) is 10.1 Å². The molecular formula is C36H60N12O3. The maximum Gasteiger partial charge on any atom is 0.320 e. The molecule has 15 heteroatoms. The molecule has 1 aliphatic heterocycles. The molecule has 1 saturated carbocycles. The van der Waals surface area contributed by atoms with E-state index in [-0.39, 0.29) is 11.9 Å². The Morgan fingerprint density at radius 1 is 0.980 bits per heavy atom. The second-order valence-corrected chi connectivity index (χ2v) is 13.7. The number of carbonyl (C=O) groups is 2. The van der Waals surface area contributed by atoms with Crippen LogP contribution in [0.25, 0.3) is 10.9 Å². The molecule has 1 aromatic carbocycles. The number of amides is 1. The zero-order valence-corrected chi connectivity index (χ0v) is 30.1. The molecule has 2 aromatic rings. The summed E-state index contributed by atoms with van der Waals surface area (Å²) < 4.78 is 0. The Hall–Kier alpha value is -3.92. The second kappa shape index (κ2) is 22.8. The van der Waals surface area contributed by atoms with Crippen molar-refractivity contribution >= 4 is 34.5 Å². The molecule has 2 heterocycles.